The van der Waals surface area contributed by atoms with Crippen LogP contribution in [-0.2, 0) is 27.0 Å². The predicted molar refractivity (Wildman–Crippen MR) is 134 cm³/mol. The fourth-order valence-corrected chi connectivity index (χ4v) is 6.63. The molecule has 0 saturated heterocycles. The van der Waals surface area contributed by atoms with E-state index in [2.05, 4.69) is 4.98 Å². The van der Waals surface area contributed by atoms with Crippen LogP contribution >= 0.6 is 11.8 Å². The summed E-state index contributed by atoms with van der Waals surface area (Å²) in [5, 5.41) is 9.66. The molecule has 1 atom stereocenters. The molecule has 0 fully saturated rings. The molecule has 3 aromatic carbocycles. The average molecular weight is 507 g/mol. The lowest BCUT2D eigenvalue weighted by Crippen LogP contribution is -2.42. The van der Waals surface area contributed by atoms with Gasteiger partial charge in [0.2, 0.25) is 5.89 Å². The maximum atomic E-state index is 13.4. The average Bonchev–Trinajstić information content (AvgIpc) is 3.45. The van der Waals surface area contributed by atoms with Crippen LogP contribution < -0.4 is 4.31 Å². The SMILES string of the molecule is Cc1oc(-c2ccccc2)nc1CSc1ccc(S(=O)(=O)N2c3ccccc3CC2C(=O)O)cc1. The summed E-state index contributed by atoms with van der Waals surface area (Å²) in [6, 6.07) is 21.9. The van der Waals surface area contributed by atoms with Crippen molar-refractivity contribution in [2.75, 3.05) is 4.31 Å². The molecule has 0 bridgehead atoms. The van der Waals surface area contributed by atoms with Gasteiger partial charge in [-0.15, -0.1) is 11.8 Å². The maximum Gasteiger partial charge on any atom is 0.327 e. The van der Waals surface area contributed by atoms with Gasteiger partial charge in [0.15, 0.2) is 0 Å². The van der Waals surface area contributed by atoms with Crippen molar-refractivity contribution in [1.82, 2.24) is 4.98 Å². The highest BCUT2D eigenvalue weighted by Crippen LogP contribution is 2.37. The van der Waals surface area contributed by atoms with Gasteiger partial charge in [-0.05, 0) is 55.0 Å². The van der Waals surface area contributed by atoms with Crippen LogP contribution in [-0.4, -0.2) is 30.5 Å². The minimum absolute atomic E-state index is 0.0498. The number of anilines is 1. The highest BCUT2D eigenvalue weighted by atomic mass is 32.2. The molecule has 1 aromatic heterocycles. The van der Waals surface area contributed by atoms with Gasteiger partial charge in [-0.2, -0.15) is 0 Å². The van der Waals surface area contributed by atoms with Gasteiger partial charge in [-0.25, -0.2) is 18.2 Å². The molecule has 0 aliphatic carbocycles. The second-order valence-electron chi connectivity index (χ2n) is 8.14. The van der Waals surface area contributed by atoms with Crippen molar-refractivity contribution < 1.29 is 22.7 Å². The van der Waals surface area contributed by atoms with Gasteiger partial charge in [-0.1, -0.05) is 36.4 Å². The molecule has 2 heterocycles. The number of aryl methyl sites for hydroxylation is 1. The first kappa shape index (κ1) is 23.2. The van der Waals surface area contributed by atoms with E-state index in [1.54, 1.807) is 36.4 Å². The normalized spacial score (nSPS) is 15.2. The van der Waals surface area contributed by atoms with Gasteiger partial charge in [0.1, 0.15) is 11.8 Å². The summed E-state index contributed by atoms with van der Waals surface area (Å²) < 4.78 is 33.7. The highest BCUT2D eigenvalue weighted by molar-refractivity contribution is 7.98. The van der Waals surface area contributed by atoms with E-state index in [0.717, 1.165) is 26.2 Å². The zero-order chi connectivity index (χ0) is 24.6. The zero-order valence-corrected chi connectivity index (χ0v) is 20.4. The lowest BCUT2D eigenvalue weighted by molar-refractivity contribution is -0.138. The number of nitrogens with zero attached hydrogens (tertiary/aromatic N) is 2. The number of benzene rings is 3. The Hall–Kier alpha value is -3.56. The quantitative estimate of drug-likeness (QED) is 0.346. The molecule has 9 heteroatoms. The molecule has 7 nitrogen and oxygen atoms in total. The summed E-state index contributed by atoms with van der Waals surface area (Å²) in [6.07, 6.45) is 0.140. The third-order valence-electron chi connectivity index (χ3n) is 5.88. The summed E-state index contributed by atoms with van der Waals surface area (Å²) >= 11 is 1.52. The Morgan fingerprint density at radius 3 is 2.46 bits per heavy atom. The van der Waals surface area contributed by atoms with Crippen LogP contribution in [0.5, 0.6) is 0 Å². The molecule has 1 unspecified atom stereocenters. The Kier molecular flexibility index (Phi) is 6.12. The van der Waals surface area contributed by atoms with Crippen LogP contribution in [0.2, 0.25) is 0 Å². The molecule has 0 radical (unpaired) electrons. The van der Waals surface area contributed by atoms with Gasteiger partial charge in [-0.3, -0.25) is 4.31 Å². The number of carboxylic acids is 1. The van der Waals surface area contributed by atoms with Gasteiger partial charge < -0.3 is 9.52 Å². The number of para-hydroxylation sites is 1. The summed E-state index contributed by atoms with van der Waals surface area (Å²) in [7, 11) is -4.05. The number of rotatable bonds is 7. The Morgan fingerprint density at radius 1 is 1.06 bits per heavy atom. The number of aliphatic carboxylic acids is 1. The van der Waals surface area contributed by atoms with E-state index in [1.165, 1.54) is 23.9 Å². The van der Waals surface area contributed by atoms with Gasteiger partial charge in [0, 0.05) is 22.6 Å². The molecule has 4 aromatic rings. The van der Waals surface area contributed by atoms with Crippen molar-refractivity contribution in [3.05, 3.63) is 95.9 Å². The minimum atomic E-state index is -4.05. The third kappa shape index (κ3) is 4.44. The van der Waals surface area contributed by atoms with Crippen LogP contribution in [0.15, 0.2) is 93.1 Å². The summed E-state index contributed by atoms with van der Waals surface area (Å²) in [5.74, 6) is 0.700. The van der Waals surface area contributed by atoms with E-state index >= 15 is 0 Å². The van der Waals surface area contributed by atoms with Crippen LogP contribution in [0, 0.1) is 6.92 Å². The fourth-order valence-electron chi connectivity index (χ4n) is 4.08. The van der Waals surface area contributed by atoms with Crippen LogP contribution in [0.3, 0.4) is 0 Å². The highest BCUT2D eigenvalue weighted by Gasteiger charge is 2.42. The van der Waals surface area contributed by atoms with Crippen LogP contribution in [0.1, 0.15) is 17.0 Å². The van der Waals surface area contributed by atoms with E-state index < -0.39 is 22.0 Å². The molecule has 0 amide bonds. The zero-order valence-electron chi connectivity index (χ0n) is 18.8. The van der Waals surface area contributed by atoms with Gasteiger partial charge in [0.25, 0.3) is 10.0 Å². The van der Waals surface area contributed by atoms with Crippen molar-refractivity contribution in [3.8, 4) is 11.5 Å². The predicted octanol–water partition coefficient (Wildman–Crippen LogP) is 5.15. The standard InChI is InChI=1S/C26H22N2O5S2/c1-17-22(27-25(33-17)18-7-3-2-4-8-18)16-34-20-11-13-21(14-12-20)35(31,32)28-23-10-6-5-9-19(23)15-24(28)26(29)30/h2-14,24H,15-16H2,1H3,(H,29,30). The first-order valence-electron chi connectivity index (χ1n) is 10.9. The van der Waals surface area contributed by atoms with Crippen molar-refractivity contribution in [2.24, 2.45) is 0 Å². The number of oxazole rings is 1. The molecule has 0 spiro atoms. The van der Waals surface area contributed by atoms with Crippen molar-refractivity contribution >= 4 is 33.4 Å². The van der Waals surface area contributed by atoms with Crippen molar-refractivity contribution in [3.63, 3.8) is 0 Å². The van der Waals surface area contributed by atoms with E-state index in [-0.39, 0.29) is 11.3 Å². The van der Waals surface area contributed by atoms with E-state index in [4.69, 9.17) is 4.42 Å². The Bertz CT molecular complexity index is 1480. The molecule has 1 aliphatic rings. The lowest BCUT2D eigenvalue weighted by atomic mass is 10.1. The van der Waals surface area contributed by atoms with E-state index in [9.17, 15) is 18.3 Å². The molecule has 35 heavy (non-hydrogen) atoms. The number of hydrogen-bond donors (Lipinski definition) is 1. The topological polar surface area (TPSA) is 101 Å². The van der Waals surface area contributed by atoms with Gasteiger partial charge in [0.05, 0.1) is 16.3 Å². The van der Waals surface area contributed by atoms with Crippen molar-refractivity contribution in [1.29, 1.82) is 0 Å². The summed E-state index contributed by atoms with van der Waals surface area (Å²) in [6.45, 7) is 1.87. The van der Waals surface area contributed by atoms with Crippen LogP contribution in [0.25, 0.3) is 11.5 Å². The van der Waals surface area contributed by atoms with Gasteiger partial charge >= 0.3 is 5.97 Å². The molecule has 1 N–H and O–H groups in total. The number of thioether (sulfide) groups is 1. The summed E-state index contributed by atoms with van der Waals surface area (Å²) in [5.41, 5.74) is 2.84. The molecular formula is C26H22N2O5S2. The second-order valence-corrected chi connectivity index (χ2v) is 11.0. The number of aromatic nitrogens is 1. The number of sulfonamides is 1. The smallest absolute Gasteiger partial charge is 0.327 e. The largest absolute Gasteiger partial charge is 0.480 e. The minimum Gasteiger partial charge on any atom is -0.480 e. The lowest BCUT2D eigenvalue weighted by Gasteiger charge is -2.24. The molecule has 5 rings (SSSR count). The fraction of sp³-hybridized carbons (Fsp3) is 0.154. The Balaban J connectivity index is 1.34. The third-order valence-corrected chi connectivity index (χ3v) is 8.74. The first-order valence-corrected chi connectivity index (χ1v) is 13.4. The van der Waals surface area contributed by atoms with E-state index in [0.29, 0.717) is 22.9 Å². The molecule has 0 saturated carbocycles. The molecular weight excluding hydrogens is 484 g/mol. The van der Waals surface area contributed by atoms with E-state index in [1.807, 2.05) is 37.3 Å². The maximum absolute atomic E-state index is 13.4. The number of carbonyl (C=O) groups is 1. The number of carboxylic acid groups (broad SMARTS) is 1. The number of fused-ring (bicyclic) bond motifs is 1. The Morgan fingerprint density at radius 2 is 1.74 bits per heavy atom. The number of hydrogen-bond acceptors (Lipinski definition) is 6. The van der Waals surface area contributed by atoms with Crippen LogP contribution in [0.4, 0.5) is 5.69 Å². The monoisotopic (exact) mass is 506 g/mol. The van der Waals surface area contributed by atoms with Crippen molar-refractivity contribution in [2.45, 2.75) is 34.9 Å². The summed E-state index contributed by atoms with van der Waals surface area (Å²) in [4.78, 5) is 17.3. The second kappa shape index (κ2) is 9.24. The molecule has 1 aliphatic heterocycles. The molecule has 178 valence electrons. The Labute approximate surface area is 207 Å². The first-order chi connectivity index (χ1) is 16.8.